The number of benzene rings is 2. The highest BCUT2D eigenvalue weighted by Crippen LogP contribution is 2.23. The molecule has 0 saturated carbocycles. The highest BCUT2D eigenvalue weighted by atomic mass is 127. The fourth-order valence-electron chi connectivity index (χ4n) is 2.25. The van der Waals surface area contributed by atoms with E-state index < -0.39 is 5.97 Å². The molecule has 0 saturated heterocycles. The van der Waals surface area contributed by atoms with Crippen LogP contribution in [-0.2, 0) is 0 Å². The van der Waals surface area contributed by atoms with Crippen LogP contribution in [-0.4, -0.2) is 20.6 Å². The third-order valence-corrected chi connectivity index (χ3v) is 3.87. The minimum Gasteiger partial charge on any atom is -0.478 e. The lowest BCUT2D eigenvalue weighted by Crippen LogP contribution is -1.98. The second-order valence-corrected chi connectivity index (χ2v) is 5.73. The van der Waals surface area contributed by atoms with Crippen molar-refractivity contribution in [2.45, 2.75) is 6.92 Å². The molecule has 0 atom stereocenters. The number of fused-ring (bicyclic) bond motifs is 1. The van der Waals surface area contributed by atoms with Gasteiger partial charge in [-0.3, -0.25) is 4.57 Å². The Balaban J connectivity index is 2.23. The molecule has 5 heteroatoms. The predicted molar refractivity (Wildman–Crippen MR) is 85.5 cm³/mol. The summed E-state index contributed by atoms with van der Waals surface area (Å²) in [6.07, 6.45) is 0. The molecule has 100 valence electrons. The monoisotopic (exact) mass is 378 g/mol. The van der Waals surface area contributed by atoms with Crippen LogP contribution in [0.5, 0.6) is 0 Å². The highest BCUT2D eigenvalue weighted by molar-refractivity contribution is 14.1. The summed E-state index contributed by atoms with van der Waals surface area (Å²) in [5.74, 6) is -0.0999. The van der Waals surface area contributed by atoms with Crippen LogP contribution in [0.2, 0.25) is 0 Å². The van der Waals surface area contributed by atoms with Gasteiger partial charge >= 0.3 is 5.97 Å². The summed E-state index contributed by atoms with van der Waals surface area (Å²) < 4.78 is 3.19. The zero-order chi connectivity index (χ0) is 14.3. The molecular formula is C15H11IN2O2. The second kappa shape index (κ2) is 4.90. The zero-order valence-corrected chi connectivity index (χ0v) is 12.8. The lowest BCUT2D eigenvalue weighted by atomic mass is 10.2. The summed E-state index contributed by atoms with van der Waals surface area (Å²) in [4.78, 5) is 15.5. The van der Waals surface area contributed by atoms with Gasteiger partial charge in [-0.05, 0) is 72.0 Å². The predicted octanol–water partition coefficient (Wildman–Crippen LogP) is 3.64. The SMILES string of the molecule is Cc1nc2cc(C(=O)O)ccc2n1-c1ccc(I)cc1. The van der Waals surface area contributed by atoms with Crippen LogP contribution < -0.4 is 0 Å². The van der Waals surface area contributed by atoms with Gasteiger partial charge in [0.1, 0.15) is 5.82 Å². The van der Waals surface area contributed by atoms with Gasteiger partial charge in [-0.1, -0.05) is 0 Å². The van der Waals surface area contributed by atoms with Crippen LogP contribution in [0.15, 0.2) is 42.5 Å². The summed E-state index contributed by atoms with van der Waals surface area (Å²) in [7, 11) is 0. The molecule has 2 aromatic carbocycles. The molecule has 0 bridgehead atoms. The Labute approximate surface area is 129 Å². The molecule has 1 heterocycles. The summed E-state index contributed by atoms with van der Waals surface area (Å²) in [5.41, 5.74) is 2.88. The van der Waals surface area contributed by atoms with E-state index >= 15 is 0 Å². The van der Waals surface area contributed by atoms with Gasteiger partial charge in [0, 0.05) is 9.26 Å². The van der Waals surface area contributed by atoms with Crippen molar-refractivity contribution in [2.24, 2.45) is 0 Å². The van der Waals surface area contributed by atoms with Crippen molar-refractivity contribution in [3.05, 3.63) is 57.4 Å². The van der Waals surface area contributed by atoms with Gasteiger partial charge in [-0.25, -0.2) is 9.78 Å². The number of hydrogen-bond donors (Lipinski definition) is 1. The molecule has 0 aliphatic heterocycles. The molecule has 0 spiro atoms. The Morgan fingerprint density at radius 1 is 1.20 bits per heavy atom. The van der Waals surface area contributed by atoms with Gasteiger partial charge in [0.2, 0.25) is 0 Å². The van der Waals surface area contributed by atoms with Gasteiger partial charge in [-0.15, -0.1) is 0 Å². The van der Waals surface area contributed by atoms with Crippen molar-refractivity contribution in [3.63, 3.8) is 0 Å². The second-order valence-electron chi connectivity index (χ2n) is 4.48. The van der Waals surface area contributed by atoms with E-state index in [1.54, 1.807) is 18.2 Å². The van der Waals surface area contributed by atoms with Crippen LogP contribution in [0.3, 0.4) is 0 Å². The van der Waals surface area contributed by atoms with E-state index in [9.17, 15) is 4.79 Å². The number of carboxylic acids is 1. The van der Waals surface area contributed by atoms with Gasteiger partial charge in [-0.2, -0.15) is 0 Å². The highest BCUT2D eigenvalue weighted by Gasteiger charge is 2.11. The molecule has 0 amide bonds. The Hall–Kier alpha value is -1.89. The molecule has 0 aliphatic rings. The molecular weight excluding hydrogens is 367 g/mol. The molecule has 0 fully saturated rings. The van der Waals surface area contributed by atoms with Crippen molar-refractivity contribution >= 4 is 39.6 Å². The molecule has 3 aromatic rings. The van der Waals surface area contributed by atoms with E-state index in [1.165, 1.54) is 3.57 Å². The number of aromatic nitrogens is 2. The van der Waals surface area contributed by atoms with E-state index in [2.05, 4.69) is 27.6 Å². The third-order valence-electron chi connectivity index (χ3n) is 3.15. The van der Waals surface area contributed by atoms with Crippen LogP contribution in [0.4, 0.5) is 0 Å². The number of hydrogen-bond acceptors (Lipinski definition) is 2. The average molecular weight is 378 g/mol. The van der Waals surface area contributed by atoms with E-state index in [1.807, 2.05) is 35.8 Å². The molecule has 0 radical (unpaired) electrons. The zero-order valence-electron chi connectivity index (χ0n) is 10.7. The van der Waals surface area contributed by atoms with Crippen molar-refractivity contribution in [1.82, 2.24) is 9.55 Å². The topological polar surface area (TPSA) is 55.1 Å². The largest absolute Gasteiger partial charge is 0.478 e. The van der Waals surface area contributed by atoms with Gasteiger partial charge < -0.3 is 5.11 Å². The molecule has 1 aromatic heterocycles. The number of nitrogens with zero attached hydrogens (tertiary/aromatic N) is 2. The Kier molecular flexibility index (Phi) is 3.21. The quantitative estimate of drug-likeness (QED) is 0.693. The fraction of sp³-hybridized carbons (Fsp3) is 0.0667. The minimum absolute atomic E-state index is 0.254. The minimum atomic E-state index is -0.937. The molecule has 3 rings (SSSR count). The molecule has 0 aliphatic carbocycles. The third kappa shape index (κ3) is 2.18. The number of carbonyl (C=O) groups is 1. The van der Waals surface area contributed by atoms with E-state index in [0.29, 0.717) is 5.52 Å². The lowest BCUT2D eigenvalue weighted by Gasteiger charge is -2.07. The van der Waals surface area contributed by atoms with E-state index in [-0.39, 0.29) is 5.56 Å². The normalized spacial score (nSPS) is 10.9. The molecule has 0 unspecified atom stereocenters. The first kappa shape index (κ1) is 13.1. The Morgan fingerprint density at radius 2 is 1.90 bits per heavy atom. The summed E-state index contributed by atoms with van der Waals surface area (Å²) >= 11 is 2.26. The Bertz CT molecular complexity index is 807. The smallest absolute Gasteiger partial charge is 0.335 e. The molecule has 1 N–H and O–H groups in total. The maximum atomic E-state index is 11.0. The fourth-order valence-corrected chi connectivity index (χ4v) is 2.61. The van der Waals surface area contributed by atoms with Gasteiger partial charge in [0.05, 0.1) is 16.6 Å². The first-order chi connectivity index (χ1) is 9.56. The maximum absolute atomic E-state index is 11.0. The standard InChI is InChI=1S/C15H11IN2O2/c1-9-17-13-8-10(15(19)20)2-7-14(13)18(9)12-5-3-11(16)4-6-12/h2-8H,1H3,(H,19,20). The van der Waals surface area contributed by atoms with Crippen molar-refractivity contribution < 1.29 is 9.90 Å². The first-order valence-corrected chi connectivity index (χ1v) is 7.12. The van der Waals surface area contributed by atoms with Crippen LogP contribution in [0.25, 0.3) is 16.7 Å². The molecule has 4 nitrogen and oxygen atoms in total. The van der Waals surface area contributed by atoms with Crippen molar-refractivity contribution in [2.75, 3.05) is 0 Å². The van der Waals surface area contributed by atoms with Crippen molar-refractivity contribution in [1.29, 1.82) is 0 Å². The summed E-state index contributed by atoms with van der Waals surface area (Å²) in [6, 6.07) is 13.1. The lowest BCUT2D eigenvalue weighted by molar-refractivity contribution is 0.0697. The summed E-state index contributed by atoms with van der Waals surface area (Å²) in [5, 5.41) is 9.03. The summed E-state index contributed by atoms with van der Waals surface area (Å²) in [6.45, 7) is 1.92. The maximum Gasteiger partial charge on any atom is 0.335 e. The number of imidazole rings is 1. The number of rotatable bonds is 2. The van der Waals surface area contributed by atoms with Crippen LogP contribution >= 0.6 is 22.6 Å². The van der Waals surface area contributed by atoms with Gasteiger partial charge in [0.25, 0.3) is 0 Å². The van der Waals surface area contributed by atoms with Crippen LogP contribution in [0, 0.1) is 10.5 Å². The average Bonchev–Trinajstić information content (AvgIpc) is 2.74. The Morgan fingerprint density at radius 3 is 2.55 bits per heavy atom. The van der Waals surface area contributed by atoms with E-state index in [4.69, 9.17) is 5.11 Å². The molecule has 20 heavy (non-hydrogen) atoms. The van der Waals surface area contributed by atoms with Crippen molar-refractivity contribution in [3.8, 4) is 5.69 Å². The number of aromatic carboxylic acids is 1. The van der Waals surface area contributed by atoms with Gasteiger partial charge in [0.15, 0.2) is 0 Å². The first-order valence-electron chi connectivity index (χ1n) is 6.04. The number of halogens is 1. The number of carboxylic acid groups (broad SMARTS) is 1. The van der Waals surface area contributed by atoms with Crippen LogP contribution in [0.1, 0.15) is 16.2 Å². The number of aryl methyl sites for hydroxylation is 1. The van der Waals surface area contributed by atoms with E-state index in [0.717, 1.165) is 17.0 Å².